The first-order valence-corrected chi connectivity index (χ1v) is 17.1. The topological polar surface area (TPSA) is 16.4 Å². The summed E-state index contributed by atoms with van der Waals surface area (Å²) in [7, 11) is 0. The Morgan fingerprint density at radius 2 is 0.720 bits per heavy atom. The van der Waals surface area contributed by atoms with Crippen LogP contribution in [0.3, 0.4) is 0 Å². The first-order chi connectivity index (χ1) is 24.8. The molecule has 0 spiro atoms. The molecule has 0 aliphatic carbocycles. The lowest BCUT2D eigenvalue weighted by molar-refractivity contribution is 0.669. The van der Waals surface area contributed by atoms with E-state index in [9.17, 15) is 0 Å². The number of hydrogen-bond donors (Lipinski definition) is 0. The molecule has 0 fully saturated rings. The van der Waals surface area contributed by atoms with Crippen molar-refractivity contribution in [3.8, 4) is 22.3 Å². The molecule has 0 bridgehead atoms. The van der Waals surface area contributed by atoms with Gasteiger partial charge in [0.05, 0.1) is 17.1 Å². The number of nitrogens with zero attached hydrogens (tertiary/aromatic N) is 1. The molecule has 0 aliphatic rings. The van der Waals surface area contributed by atoms with E-state index in [4.69, 9.17) is 4.42 Å². The zero-order valence-electron chi connectivity index (χ0n) is 27.3. The van der Waals surface area contributed by atoms with Gasteiger partial charge >= 0.3 is 0 Å². The minimum atomic E-state index is 0.875. The molecule has 0 N–H and O–H groups in total. The van der Waals surface area contributed by atoms with Crippen molar-refractivity contribution >= 4 is 71.3 Å². The van der Waals surface area contributed by atoms with Crippen LogP contribution in [-0.2, 0) is 0 Å². The summed E-state index contributed by atoms with van der Waals surface area (Å²) >= 11 is 0. The summed E-state index contributed by atoms with van der Waals surface area (Å²) in [6, 6.07) is 67.5. The molecule has 0 saturated heterocycles. The third-order valence-corrected chi connectivity index (χ3v) is 10.1. The maximum absolute atomic E-state index is 6.63. The molecule has 0 unspecified atom stereocenters. The summed E-state index contributed by atoms with van der Waals surface area (Å²) in [5.41, 5.74) is 9.90. The lowest BCUT2D eigenvalue weighted by atomic mass is 9.94. The van der Waals surface area contributed by atoms with Gasteiger partial charge in [0, 0.05) is 33.0 Å². The van der Waals surface area contributed by atoms with E-state index >= 15 is 0 Å². The van der Waals surface area contributed by atoms with Gasteiger partial charge in [0.15, 0.2) is 0 Å². The fraction of sp³-hybridized carbons (Fsp3) is 0. The average molecular weight is 638 g/mol. The lowest BCUT2D eigenvalue weighted by Crippen LogP contribution is -2.12. The number of rotatable bonds is 5. The Labute approximate surface area is 290 Å². The molecule has 1 heterocycles. The summed E-state index contributed by atoms with van der Waals surface area (Å²) < 4.78 is 6.63. The Hall–Kier alpha value is -6.64. The van der Waals surface area contributed by atoms with Crippen LogP contribution >= 0.6 is 0 Å². The molecular formula is C48H31NO. The maximum Gasteiger partial charge on any atom is 0.138 e. The number of furan rings is 1. The number of fused-ring (bicyclic) bond motifs is 7. The van der Waals surface area contributed by atoms with Crippen molar-refractivity contribution in [1.29, 1.82) is 0 Å². The highest BCUT2D eigenvalue weighted by atomic mass is 16.3. The van der Waals surface area contributed by atoms with Crippen LogP contribution in [0, 0.1) is 0 Å². The third-order valence-electron chi connectivity index (χ3n) is 10.1. The van der Waals surface area contributed by atoms with E-state index < -0.39 is 0 Å². The van der Waals surface area contributed by atoms with Gasteiger partial charge in [0.25, 0.3) is 0 Å². The van der Waals surface area contributed by atoms with Gasteiger partial charge in [-0.2, -0.15) is 0 Å². The van der Waals surface area contributed by atoms with Gasteiger partial charge in [-0.15, -0.1) is 0 Å². The van der Waals surface area contributed by atoms with E-state index in [1.165, 1.54) is 54.6 Å². The van der Waals surface area contributed by atoms with Gasteiger partial charge in [-0.25, -0.2) is 0 Å². The van der Waals surface area contributed by atoms with Crippen molar-refractivity contribution in [3.63, 3.8) is 0 Å². The Morgan fingerprint density at radius 1 is 0.300 bits per heavy atom. The smallest absolute Gasteiger partial charge is 0.138 e. The van der Waals surface area contributed by atoms with Gasteiger partial charge in [-0.05, 0) is 56.6 Å². The number of hydrogen-bond acceptors (Lipinski definition) is 2. The Kier molecular flexibility index (Phi) is 6.53. The molecule has 0 atom stereocenters. The molecule has 2 nitrogen and oxygen atoms in total. The van der Waals surface area contributed by atoms with Crippen molar-refractivity contribution in [2.75, 3.05) is 4.90 Å². The molecule has 10 aromatic rings. The van der Waals surface area contributed by atoms with E-state index in [1.54, 1.807) is 0 Å². The van der Waals surface area contributed by atoms with Gasteiger partial charge in [0.1, 0.15) is 11.2 Å². The van der Waals surface area contributed by atoms with Crippen LogP contribution in [-0.4, -0.2) is 0 Å². The summed E-state index contributed by atoms with van der Waals surface area (Å²) in [4.78, 5) is 2.46. The molecule has 0 saturated carbocycles. The van der Waals surface area contributed by atoms with E-state index in [1.807, 2.05) is 6.07 Å². The van der Waals surface area contributed by atoms with E-state index in [0.717, 1.165) is 39.0 Å². The van der Waals surface area contributed by atoms with Crippen molar-refractivity contribution in [2.45, 2.75) is 0 Å². The van der Waals surface area contributed by atoms with Gasteiger partial charge in [0.2, 0.25) is 0 Å². The maximum atomic E-state index is 6.63. The van der Waals surface area contributed by atoms with Crippen LogP contribution in [0.15, 0.2) is 192 Å². The first kappa shape index (κ1) is 28.4. The molecule has 0 aliphatic heterocycles. The molecule has 1 aromatic heterocycles. The zero-order chi connectivity index (χ0) is 33.0. The molecule has 9 aromatic carbocycles. The van der Waals surface area contributed by atoms with Gasteiger partial charge in [-0.1, -0.05) is 164 Å². The van der Waals surface area contributed by atoms with Gasteiger partial charge in [-0.3, -0.25) is 0 Å². The Bertz CT molecular complexity index is 2750. The third kappa shape index (κ3) is 4.43. The van der Waals surface area contributed by atoms with Crippen LogP contribution < -0.4 is 4.90 Å². The minimum absolute atomic E-state index is 0.875. The highest BCUT2D eigenvalue weighted by Crippen LogP contribution is 2.49. The zero-order valence-corrected chi connectivity index (χ0v) is 27.3. The second-order valence-electron chi connectivity index (χ2n) is 12.8. The van der Waals surface area contributed by atoms with E-state index in [2.05, 4.69) is 187 Å². The second kappa shape index (κ2) is 11.5. The fourth-order valence-corrected chi connectivity index (χ4v) is 7.84. The molecule has 0 amide bonds. The van der Waals surface area contributed by atoms with E-state index in [0.29, 0.717) is 0 Å². The summed E-state index contributed by atoms with van der Waals surface area (Å²) in [6.45, 7) is 0. The highest BCUT2D eigenvalue weighted by Gasteiger charge is 2.24. The van der Waals surface area contributed by atoms with Crippen LogP contribution in [0.1, 0.15) is 0 Å². The normalized spacial score (nSPS) is 11.6. The van der Waals surface area contributed by atoms with Crippen molar-refractivity contribution in [2.24, 2.45) is 0 Å². The standard InChI is InChI=1S/C48H31NO/c1-3-15-32(16-4-1)34-27-29-43(38-21-9-7-19-36(34)38)49(44-30-28-35(33-17-5-2-6-18-33)37-20-8-10-22-39(37)44)45-31-47-48(41-24-12-11-23-40(41)45)42-25-13-14-26-46(42)50-47/h1-31H. The Morgan fingerprint density at radius 3 is 1.26 bits per heavy atom. The van der Waals surface area contributed by atoms with Crippen molar-refractivity contribution < 1.29 is 4.42 Å². The van der Waals surface area contributed by atoms with Crippen LogP contribution in [0.4, 0.5) is 17.1 Å². The van der Waals surface area contributed by atoms with Crippen LogP contribution in [0.2, 0.25) is 0 Å². The molecular weight excluding hydrogens is 607 g/mol. The molecule has 10 rings (SSSR count). The van der Waals surface area contributed by atoms with Crippen molar-refractivity contribution in [1.82, 2.24) is 0 Å². The summed E-state index contributed by atoms with van der Waals surface area (Å²) in [5.74, 6) is 0. The number of benzene rings is 9. The quantitative estimate of drug-likeness (QED) is 0.187. The lowest BCUT2D eigenvalue weighted by Gasteiger charge is -2.30. The summed E-state index contributed by atoms with van der Waals surface area (Å²) in [6.07, 6.45) is 0. The Balaban J connectivity index is 1.33. The highest BCUT2D eigenvalue weighted by molar-refractivity contribution is 6.23. The number of anilines is 3. The summed E-state index contributed by atoms with van der Waals surface area (Å²) in [5, 5.41) is 9.39. The predicted molar refractivity (Wildman–Crippen MR) is 212 cm³/mol. The second-order valence-corrected chi connectivity index (χ2v) is 12.8. The van der Waals surface area contributed by atoms with Crippen molar-refractivity contribution in [3.05, 3.63) is 188 Å². The van der Waals surface area contributed by atoms with E-state index in [-0.39, 0.29) is 0 Å². The SMILES string of the molecule is c1ccc(-c2ccc(N(c3ccc(-c4ccccc4)c4ccccc34)c3cc4oc5ccccc5c4c4ccccc34)c3ccccc23)cc1. The fourth-order valence-electron chi connectivity index (χ4n) is 7.84. The molecule has 2 heteroatoms. The minimum Gasteiger partial charge on any atom is -0.456 e. The molecule has 0 radical (unpaired) electrons. The largest absolute Gasteiger partial charge is 0.456 e. The average Bonchev–Trinajstić information content (AvgIpc) is 3.57. The first-order valence-electron chi connectivity index (χ1n) is 17.1. The van der Waals surface area contributed by atoms with Crippen LogP contribution in [0.5, 0.6) is 0 Å². The van der Waals surface area contributed by atoms with Gasteiger partial charge < -0.3 is 9.32 Å². The van der Waals surface area contributed by atoms with Crippen LogP contribution in [0.25, 0.3) is 76.5 Å². The molecule has 234 valence electrons. The number of para-hydroxylation sites is 1. The molecule has 50 heavy (non-hydrogen) atoms. The monoisotopic (exact) mass is 637 g/mol. The predicted octanol–water partition coefficient (Wildman–Crippen LogP) is 13.8.